The molecule has 0 fully saturated rings. The molecule has 1 aromatic heterocycles. The van der Waals surface area contributed by atoms with Gasteiger partial charge < -0.3 is 15.5 Å². The van der Waals surface area contributed by atoms with Gasteiger partial charge in [-0.15, -0.1) is 0 Å². The molecule has 1 aromatic carbocycles. The van der Waals surface area contributed by atoms with Gasteiger partial charge in [0.05, 0.1) is 23.0 Å². The Morgan fingerprint density at radius 1 is 1.37 bits per heavy atom. The normalized spacial score (nSPS) is 10.8. The highest BCUT2D eigenvalue weighted by molar-refractivity contribution is 6.32. The van der Waals surface area contributed by atoms with Crippen molar-refractivity contribution in [3.05, 3.63) is 34.2 Å². The number of aromatic nitrogens is 2. The van der Waals surface area contributed by atoms with Crippen LogP contribution in [0.4, 0.5) is 0 Å². The molecule has 1 heterocycles. The smallest absolute Gasteiger partial charge is 0.138 e. The molecule has 102 valence electrons. The quantitative estimate of drug-likeness (QED) is 0.903. The molecule has 0 atom stereocenters. The standard InChI is InChI=1S/C14H18ClN3O/c1-4-19-13-5-8(2)10(6-11(13)15)14-12(7-16)17-9(3)18-14/h5-6H,4,7,16H2,1-3H3,(H,17,18). The van der Waals surface area contributed by atoms with Gasteiger partial charge in [0.15, 0.2) is 0 Å². The SMILES string of the molecule is CCOc1cc(C)c(-c2nc(C)[nH]c2CN)cc1Cl. The lowest BCUT2D eigenvalue weighted by atomic mass is 10.0. The predicted octanol–water partition coefficient (Wildman–Crippen LogP) is 3.20. The fraction of sp³-hybridized carbons (Fsp3) is 0.357. The van der Waals surface area contributed by atoms with Gasteiger partial charge in [-0.2, -0.15) is 0 Å². The van der Waals surface area contributed by atoms with Crippen LogP contribution >= 0.6 is 11.6 Å². The van der Waals surface area contributed by atoms with Crippen LogP contribution in [0, 0.1) is 13.8 Å². The van der Waals surface area contributed by atoms with Crippen LogP contribution in [0.2, 0.25) is 5.02 Å². The highest BCUT2D eigenvalue weighted by atomic mass is 35.5. The van der Waals surface area contributed by atoms with Gasteiger partial charge in [0.25, 0.3) is 0 Å². The van der Waals surface area contributed by atoms with E-state index in [4.69, 9.17) is 22.1 Å². The predicted molar refractivity (Wildman–Crippen MR) is 77.6 cm³/mol. The molecule has 0 saturated carbocycles. The number of aryl methyl sites for hydroxylation is 2. The number of hydrogen-bond acceptors (Lipinski definition) is 3. The van der Waals surface area contributed by atoms with Crippen molar-refractivity contribution in [1.82, 2.24) is 9.97 Å². The zero-order chi connectivity index (χ0) is 14.0. The van der Waals surface area contributed by atoms with Gasteiger partial charge in [-0.25, -0.2) is 4.98 Å². The molecule has 0 saturated heterocycles. The Morgan fingerprint density at radius 2 is 2.11 bits per heavy atom. The first kappa shape index (κ1) is 13.9. The lowest BCUT2D eigenvalue weighted by Crippen LogP contribution is -2.00. The summed E-state index contributed by atoms with van der Waals surface area (Å²) in [6.07, 6.45) is 0. The maximum Gasteiger partial charge on any atom is 0.138 e. The van der Waals surface area contributed by atoms with Crippen molar-refractivity contribution < 1.29 is 4.74 Å². The largest absolute Gasteiger partial charge is 0.492 e. The fourth-order valence-corrected chi connectivity index (χ4v) is 2.31. The van der Waals surface area contributed by atoms with E-state index in [1.54, 1.807) is 0 Å². The third-order valence-corrected chi connectivity index (χ3v) is 3.23. The number of nitrogens with two attached hydrogens (primary N) is 1. The monoisotopic (exact) mass is 279 g/mol. The van der Waals surface area contributed by atoms with Crippen LogP contribution in [0.5, 0.6) is 5.75 Å². The van der Waals surface area contributed by atoms with Crippen LogP contribution in [0.1, 0.15) is 24.0 Å². The molecule has 2 rings (SSSR count). The van der Waals surface area contributed by atoms with Gasteiger partial charge in [-0.1, -0.05) is 11.6 Å². The summed E-state index contributed by atoms with van der Waals surface area (Å²) in [6.45, 7) is 6.87. The van der Waals surface area contributed by atoms with Gasteiger partial charge in [0.1, 0.15) is 11.6 Å². The van der Waals surface area contributed by atoms with Gasteiger partial charge in [0, 0.05) is 12.1 Å². The summed E-state index contributed by atoms with van der Waals surface area (Å²) in [5.74, 6) is 1.55. The van der Waals surface area contributed by atoms with E-state index in [1.807, 2.05) is 32.9 Å². The Labute approximate surface area is 117 Å². The first-order valence-corrected chi connectivity index (χ1v) is 6.63. The summed E-state index contributed by atoms with van der Waals surface area (Å²) < 4.78 is 5.49. The van der Waals surface area contributed by atoms with Crippen LogP contribution in [0.15, 0.2) is 12.1 Å². The van der Waals surface area contributed by atoms with E-state index in [2.05, 4.69) is 9.97 Å². The average molecular weight is 280 g/mol. The zero-order valence-corrected chi connectivity index (χ0v) is 12.1. The van der Waals surface area contributed by atoms with E-state index in [-0.39, 0.29) is 0 Å². The number of rotatable bonds is 4. The number of benzene rings is 1. The minimum Gasteiger partial charge on any atom is -0.492 e. The molecule has 0 unspecified atom stereocenters. The minimum atomic E-state index is 0.417. The van der Waals surface area contributed by atoms with Crippen molar-refractivity contribution in [3.8, 4) is 17.0 Å². The van der Waals surface area contributed by atoms with Gasteiger partial charge in [-0.05, 0) is 38.5 Å². The molecule has 5 heteroatoms. The topological polar surface area (TPSA) is 63.9 Å². The minimum absolute atomic E-state index is 0.417. The van der Waals surface area contributed by atoms with E-state index < -0.39 is 0 Å². The number of aromatic amines is 1. The second-order valence-electron chi connectivity index (χ2n) is 4.38. The Balaban J connectivity index is 2.53. The van der Waals surface area contributed by atoms with Gasteiger partial charge in [-0.3, -0.25) is 0 Å². The van der Waals surface area contributed by atoms with Crippen LogP contribution in [-0.2, 0) is 6.54 Å². The van der Waals surface area contributed by atoms with Crippen molar-refractivity contribution in [2.75, 3.05) is 6.61 Å². The molecule has 2 aromatic rings. The maximum atomic E-state index is 6.24. The fourth-order valence-electron chi connectivity index (χ4n) is 2.09. The number of nitrogens with one attached hydrogen (secondary N) is 1. The Kier molecular flexibility index (Phi) is 4.12. The van der Waals surface area contributed by atoms with Crippen molar-refractivity contribution in [3.63, 3.8) is 0 Å². The van der Waals surface area contributed by atoms with Crippen LogP contribution < -0.4 is 10.5 Å². The number of hydrogen-bond donors (Lipinski definition) is 2. The molecule has 0 amide bonds. The molecular weight excluding hydrogens is 262 g/mol. The maximum absolute atomic E-state index is 6.24. The van der Waals surface area contributed by atoms with E-state index in [0.717, 1.165) is 28.3 Å². The van der Waals surface area contributed by atoms with E-state index in [0.29, 0.717) is 23.9 Å². The van der Waals surface area contributed by atoms with E-state index in [9.17, 15) is 0 Å². The number of H-pyrrole nitrogens is 1. The van der Waals surface area contributed by atoms with Crippen molar-refractivity contribution >= 4 is 11.6 Å². The molecule has 0 aliphatic rings. The van der Waals surface area contributed by atoms with Crippen molar-refractivity contribution in [1.29, 1.82) is 0 Å². The number of imidazole rings is 1. The average Bonchev–Trinajstić information content (AvgIpc) is 2.75. The van der Waals surface area contributed by atoms with Crippen molar-refractivity contribution in [2.45, 2.75) is 27.3 Å². The highest BCUT2D eigenvalue weighted by Crippen LogP contribution is 2.34. The Hall–Kier alpha value is -1.52. The second kappa shape index (κ2) is 5.63. The Bertz CT molecular complexity index is 593. The second-order valence-corrected chi connectivity index (χ2v) is 4.79. The molecule has 0 spiro atoms. The molecule has 0 aliphatic heterocycles. The zero-order valence-electron chi connectivity index (χ0n) is 11.4. The van der Waals surface area contributed by atoms with Crippen LogP contribution in [0.25, 0.3) is 11.3 Å². The summed E-state index contributed by atoms with van der Waals surface area (Å²) >= 11 is 6.24. The van der Waals surface area contributed by atoms with Crippen LogP contribution in [0.3, 0.4) is 0 Å². The van der Waals surface area contributed by atoms with Crippen LogP contribution in [-0.4, -0.2) is 16.6 Å². The highest BCUT2D eigenvalue weighted by Gasteiger charge is 2.14. The van der Waals surface area contributed by atoms with Gasteiger partial charge in [0.2, 0.25) is 0 Å². The van der Waals surface area contributed by atoms with E-state index in [1.165, 1.54) is 0 Å². The third-order valence-electron chi connectivity index (χ3n) is 2.94. The summed E-state index contributed by atoms with van der Waals surface area (Å²) in [5, 5.41) is 0.589. The van der Waals surface area contributed by atoms with E-state index >= 15 is 0 Å². The molecule has 3 N–H and O–H groups in total. The first-order chi connectivity index (χ1) is 9.06. The first-order valence-electron chi connectivity index (χ1n) is 6.25. The molecule has 0 radical (unpaired) electrons. The summed E-state index contributed by atoms with van der Waals surface area (Å²) in [6, 6.07) is 3.82. The lowest BCUT2D eigenvalue weighted by Gasteiger charge is -2.11. The molecule has 0 aliphatic carbocycles. The molecule has 0 bridgehead atoms. The number of nitrogens with zero attached hydrogens (tertiary/aromatic N) is 1. The lowest BCUT2D eigenvalue weighted by molar-refractivity contribution is 0.340. The van der Waals surface area contributed by atoms with Gasteiger partial charge >= 0.3 is 0 Å². The third kappa shape index (κ3) is 2.74. The number of ether oxygens (including phenoxy) is 1. The summed E-state index contributed by atoms with van der Waals surface area (Å²) in [4.78, 5) is 7.66. The summed E-state index contributed by atoms with van der Waals surface area (Å²) in [7, 11) is 0. The Morgan fingerprint density at radius 3 is 2.74 bits per heavy atom. The molecule has 4 nitrogen and oxygen atoms in total. The summed E-state index contributed by atoms with van der Waals surface area (Å²) in [5.41, 5.74) is 9.57. The molecular formula is C14H18ClN3O. The van der Waals surface area contributed by atoms with Crippen molar-refractivity contribution in [2.24, 2.45) is 5.73 Å². The molecule has 19 heavy (non-hydrogen) atoms. The number of halogens is 1.